The van der Waals surface area contributed by atoms with E-state index in [0.29, 0.717) is 0 Å². The Morgan fingerprint density at radius 2 is 1.62 bits per heavy atom. The Balaban J connectivity index is 1.43. The van der Waals surface area contributed by atoms with Gasteiger partial charge >= 0.3 is 0 Å². The van der Waals surface area contributed by atoms with Gasteiger partial charge in [0.25, 0.3) is 0 Å². The lowest BCUT2D eigenvalue weighted by Gasteiger charge is -2.25. The van der Waals surface area contributed by atoms with Crippen LogP contribution in [0.1, 0.15) is 50.2 Å². The second-order valence-corrected chi connectivity index (χ2v) is 7.99. The third kappa shape index (κ3) is 2.77. The van der Waals surface area contributed by atoms with Gasteiger partial charge in [0.2, 0.25) is 0 Å². The molecule has 0 radical (unpaired) electrons. The van der Waals surface area contributed by atoms with Crippen LogP contribution in [-0.2, 0) is 12.8 Å². The lowest BCUT2D eigenvalue weighted by atomic mass is 9.94. The van der Waals surface area contributed by atoms with E-state index in [0.717, 1.165) is 29.7 Å². The van der Waals surface area contributed by atoms with Crippen molar-refractivity contribution in [1.82, 2.24) is 5.32 Å². The molecular weight excluding hydrogens is 254 g/mol. The first-order valence-corrected chi connectivity index (χ1v) is 9.09. The van der Waals surface area contributed by atoms with Gasteiger partial charge in [-0.3, -0.25) is 0 Å². The van der Waals surface area contributed by atoms with Crippen LogP contribution in [0.5, 0.6) is 0 Å². The van der Waals surface area contributed by atoms with Gasteiger partial charge in [-0.1, -0.05) is 37.6 Å². The van der Waals surface area contributed by atoms with Gasteiger partial charge in [-0.15, -0.1) is 0 Å². The maximum atomic E-state index is 4.02. The summed E-state index contributed by atoms with van der Waals surface area (Å²) in [6.07, 6.45) is 9.87. The van der Waals surface area contributed by atoms with Crippen molar-refractivity contribution < 1.29 is 0 Å². The third-order valence-corrected chi connectivity index (χ3v) is 6.45. The van der Waals surface area contributed by atoms with Crippen LogP contribution in [-0.4, -0.2) is 12.6 Å². The molecular formula is C20H29N. The maximum Gasteiger partial charge on any atom is 0.0130 e. The van der Waals surface area contributed by atoms with E-state index in [1.54, 1.807) is 11.1 Å². The molecule has 4 rings (SSSR count). The zero-order valence-corrected chi connectivity index (χ0v) is 13.4. The number of hydrogen-bond acceptors (Lipinski definition) is 1. The van der Waals surface area contributed by atoms with E-state index in [-0.39, 0.29) is 0 Å². The SMILES string of the molecule is CC1CCC(CNC2C3CCC2Cc2ccccc2C3)C1. The molecule has 1 nitrogen and oxygen atoms in total. The molecule has 21 heavy (non-hydrogen) atoms. The van der Waals surface area contributed by atoms with Gasteiger partial charge in [0.1, 0.15) is 0 Å². The maximum absolute atomic E-state index is 4.02. The number of nitrogens with one attached hydrogen (secondary N) is 1. The van der Waals surface area contributed by atoms with Crippen molar-refractivity contribution >= 4 is 0 Å². The van der Waals surface area contributed by atoms with Crippen molar-refractivity contribution in [1.29, 1.82) is 0 Å². The van der Waals surface area contributed by atoms with Gasteiger partial charge in [0.15, 0.2) is 0 Å². The van der Waals surface area contributed by atoms with E-state index in [4.69, 9.17) is 0 Å². The molecule has 0 aliphatic heterocycles. The Kier molecular flexibility index (Phi) is 3.79. The Morgan fingerprint density at radius 1 is 0.952 bits per heavy atom. The van der Waals surface area contributed by atoms with Crippen LogP contribution in [0.2, 0.25) is 0 Å². The first-order chi connectivity index (χ1) is 10.3. The third-order valence-electron chi connectivity index (χ3n) is 6.45. The minimum Gasteiger partial charge on any atom is -0.313 e. The zero-order chi connectivity index (χ0) is 14.2. The van der Waals surface area contributed by atoms with Crippen LogP contribution >= 0.6 is 0 Å². The van der Waals surface area contributed by atoms with Crippen LogP contribution in [0.3, 0.4) is 0 Å². The summed E-state index contributed by atoms with van der Waals surface area (Å²) in [4.78, 5) is 0. The molecule has 1 aromatic rings. The topological polar surface area (TPSA) is 12.0 Å². The van der Waals surface area contributed by atoms with Crippen molar-refractivity contribution in [2.75, 3.05) is 6.54 Å². The Hall–Kier alpha value is -0.820. The molecule has 0 spiro atoms. The Bertz CT molecular complexity index is 461. The predicted octanol–water partition coefficient (Wildman–Crippen LogP) is 4.21. The average Bonchev–Trinajstić information content (AvgIpc) is 2.99. The van der Waals surface area contributed by atoms with Gasteiger partial charge in [0.05, 0.1) is 0 Å². The molecule has 3 aliphatic rings. The standard InChI is InChI=1S/C20H29N/c1-14-6-7-15(10-14)13-21-20-18-8-9-19(20)12-17-5-3-2-4-16(17)11-18/h2-5,14-15,18-21H,6-13H2,1H3. The van der Waals surface area contributed by atoms with Gasteiger partial charge < -0.3 is 5.32 Å². The first kappa shape index (κ1) is 13.8. The second-order valence-electron chi connectivity index (χ2n) is 7.99. The summed E-state index contributed by atoms with van der Waals surface area (Å²) in [5.74, 6) is 3.69. The van der Waals surface area contributed by atoms with Crippen molar-refractivity contribution in [3.05, 3.63) is 35.4 Å². The second kappa shape index (κ2) is 5.76. The highest BCUT2D eigenvalue weighted by Crippen LogP contribution is 2.40. The predicted molar refractivity (Wildman–Crippen MR) is 88.4 cm³/mol. The van der Waals surface area contributed by atoms with Crippen molar-refractivity contribution in [2.24, 2.45) is 23.7 Å². The molecule has 0 heterocycles. The average molecular weight is 283 g/mol. The molecule has 4 atom stereocenters. The van der Waals surface area contributed by atoms with Crippen LogP contribution in [0.15, 0.2) is 24.3 Å². The van der Waals surface area contributed by atoms with Crippen molar-refractivity contribution in [3.8, 4) is 0 Å². The molecule has 2 bridgehead atoms. The lowest BCUT2D eigenvalue weighted by molar-refractivity contribution is 0.317. The highest BCUT2D eigenvalue weighted by molar-refractivity contribution is 5.30. The fourth-order valence-electron chi connectivity index (χ4n) is 5.30. The molecule has 1 heteroatoms. The van der Waals surface area contributed by atoms with Crippen molar-refractivity contribution in [2.45, 2.75) is 57.9 Å². The minimum atomic E-state index is 0.785. The number of fused-ring (bicyclic) bond motifs is 3. The fraction of sp³-hybridized carbons (Fsp3) is 0.700. The van der Waals surface area contributed by atoms with Crippen molar-refractivity contribution in [3.63, 3.8) is 0 Å². The lowest BCUT2D eigenvalue weighted by Crippen LogP contribution is -2.40. The monoisotopic (exact) mass is 283 g/mol. The van der Waals surface area contributed by atoms with Crippen LogP contribution in [0, 0.1) is 23.7 Å². The summed E-state index contributed by atoms with van der Waals surface area (Å²) in [5, 5.41) is 4.02. The van der Waals surface area contributed by atoms with E-state index in [1.165, 1.54) is 51.5 Å². The number of benzene rings is 1. The van der Waals surface area contributed by atoms with E-state index in [1.807, 2.05) is 0 Å². The molecule has 2 fully saturated rings. The van der Waals surface area contributed by atoms with Crippen LogP contribution in [0.4, 0.5) is 0 Å². The van der Waals surface area contributed by atoms with E-state index < -0.39 is 0 Å². The fourth-order valence-corrected chi connectivity index (χ4v) is 5.30. The zero-order valence-electron chi connectivity index (χ0n) is 13.4. The minimum absolute atomic E-state index is 0.785. The van der Waals surface area contributed by atoms with Gasteiger partial charge in [-0.05, 0) is 79.9 Å². The molecule has 3 aliphatic carbocycles. The number of hydrogen-bond donors (Lipinski definition) is 1. The first-order valence-electron chi connectivity index (χ1n) is 9.09. The smallest absolute Gasteiger partial charge is 0.0130 e. The highest BCUT2D eigenvalue weighted by atomic mass is 14.9. The summed E-state index contributed by atoms with van der Waals surface area (Å²) in [6.45, 7) is 3.70. The Morgan fingerprint density at radius 3 is 2.19 bits per heavy atom. The number of rotatable bonds is 3. The summed E-state index contributed by atoms with van der Waals surface area (Å²) in [7, 11) is 0. The summed E-state index contributed by atoms with van der Waals surface area (Å²) in [6, 6.07) is 9.96. The van der Waals surface area contributed by atoms with Gasteiger partial charge in [-0.25, -0.2) is 0 Å². The Labute approximate surface area is 129 Å². The van der Waals surface area contributed by atoms with Gasteiger partial charge in [0, 0.05) is 6.04 Å². The largest absolute Gasteiger partial charge is 0.313 e. The molecule has 2 saturated carbocycles. The van der Waals surface area contributed by atoms with E-state index >= 15 is 0 Å². The molecule has 0 amide bonds. The molecule has 0 aromatic heterocycles. The van der Waals surface area contributed by atoms with E-state index in [9.17, 15) is 0 Å². The summed E-state index contributed by atoms with van der Waals surface area (Å²) in [5.41, 5.74) is 3.26. The molecule has 0 saturated heterocycles. The molecule has 114 valence electrons. The summed E-state index contributed by atoms with van der Waals surface area (Å²) < 4.78 is 0. The van der Waals surface area contributed by atoms with Crippen LogP contribution in [0.25, 0.3) is 0 Å². The van der Waals surface area contributed by atoms with Gasteiger partial charge in [-0.2, -0.15) is 0 Å². The molecule has 1 N–H and O–H groups in total. The van der Waals surface area contributed by atoms with E-state index in [2.05, 4.69) is 36.5 Å². The summed E-state index contributed by atoms with van der Waals surface area (Å²) >= 11 is 0. The van der Waals surface area contributed by atoms with Crippen LogP contribution < -0.4 is 5.32 Å². The molecule has 4 unspecified atom stereocenters. The normalized spacial score (nSPS) is 38.2. The highest BCUT2D eigenvalue weighted by Gasteiger charge is 2.38. The molecule has 1 aromatic carbocycles. The quantitative estimate of drug-likeness (QED) is 0.876.